The molecule has 4 rings (SSSR count). The second-order valence-electron chi connectivity index (χ2n) is 7.69. The molecule has 0 aliphatic rings. The van der Waals surface area contributed by atoms with E-state index in [1.807, 2.05) is 6.07 Å². The lowest BCUT2D eigenvalue weighted by molar-refractivity contribution is -0.121. The molecule has 0 aliphatic carbocycles. The van der Waals surface area contributed by atoms with Gasteiger partial charge in [-0.3, -0.25) is 24.3 Å². The van der Waals surface area contributed by atoms with Crippen LogP contribution in [0.25, 0.3) is 11.2 Å². The van der Waals surface area contributed by atoms with E-state index in [1.54, 1.807) is 66.9 Å². The third-order valence-electron chi connectivity index (χ3n) is 5.36. The standard InChI is InChI=1S/C25H23N5O4/c26-23(34)20(15-16-8-10-18(11-9-16)22(33)17-5-2-1-3-6-17)30-24-19(7-4-13-27-24)28-25(30)29-21(32)12-14-31/h1-11,13,20,31H,12,14-15H2,(H2,26,34)(H,28,29,32). The summed E-state index contributed by atoms with van der Waals surface area (Å²) >= 11 is 0. The molecule has 2 aromatic carbocycles. The number of pyridine rings is 1. The Hall–Kier alpha value is -4.37. The van der Waals surface area contributed by atoms with E-state index in [-0.39, 0.29) is 31.2 Å². The summed E-state index contributed by atoms with van der Waals surface area (Å²) in [5.74, 6) is -1.07. The minimum Gasteiger partial charge on any atom is -0.396 e. The second kappa shape index (κ2) is 10.1. The van der Waals surface area contributed by atoms with Crippen LogP contribution in [-0.4, -0.2) is 43.8 Å². The van der Waals surface area contributed by atoms with Crippen LogP contribution in [0.15, 0.2) is 72.9 Å². The van der Waals surface area contributed by atoms with Gasteiger partial charge in [0.1, 0.15) is 11.6 Å². The quantitative estimate of drug-likeness (QED) is 0.329. The van der Waals surface area contributed by atoms with Crippen molar-refractivity contribution in [1.82, 2.24) is 14.5 Å². The molecule has 0 radical (unpaired) electrons. The first-order valence-corrected chi connectivity index (χ1v) is 10.7. The fourth-order valence-corrected chi connectivity index (χ4v) is 3.69. The number of hydrogen-bond donors (Lipinski definition) is 3. The number of hydrogen-bond acceptors (Lipinski definition) is 6. The topological polar surface area (TPSA) is 140 Å². The summed E-state index contributed by atoms with van der Waals surface area (Å²) in [4.78, 5) is 46.0. The summed E-state index contributed by atoms with van der Waals surface area (Å²) in [6.45, 7) is -0.322. The lowest BCUT2D eigenvalue weighted by Gasteiger charge is -2.19. The van der Waals surface area contributed by atoms with Crippen LogP contribution in [0.3, 0.4) is 0 Å². The van der Waals surface area contributed by atoms with Crippen LogP contribution in [-0.2, 0) is 16.0 Å². The highest BCUT2D eigenvalue weighted by molar-refractivity contribution is 6.08. The van der Waals surface area contributed by atoms with Crippen molar-refractivity contribution in [3.05, 3.63) is 89.6 Å². The highest BCUT2D eigenvalue weighted by Crippen LogP contribution is 2.26. The molecule has 34 heavy (non-hydrogen) atoms. The number of aromatic nitrogens is 3. The van der Waals surface area contributed by atoms with Gasteiger partial charge in [0.2, 0.25) is 17.8 Å². The molecule has 0 saturated heterocycles. The highest BCUT2D eigenvalue weighted by atomic mass is 16.3. The molecule has 9 heteroatoms. The van der Waals surface area contributed by atoms with E-state index < -0.39 is 17.9 Å². The largest absolute Gasteiger partial charge is 0.396 e. The molecular weight excluding hydrogens is 434 g/mol. The number of benzene rings is 2. The molecule has 2 amide bonds. The predicted octanol–water partition coefficient (Wildman–Crippen LogP) is 2.25. The molecule has 2 aromatic heterocycles. The molecule has 0 aliphatic heterocycles. The number of nitrogens with one attached hydrogen (secondary N) is 1. The van der Waals surface area contributed by atoms with Gasteiger partial charge in [0.05, 0.1) is 13.0 Å². The highest BCUT2D eigenvalue weighted by Gasteiger charge is 2.26. The number of aliphatic hydroxyl groups excluding tert-OH is 1. The van der Waals surface area contributed by atoms with Gasteiger partial charge in [-0.1, -0.05) is 54.6 Å². The predicted molar refractivity (Wildman–Crippen MR) is 126 cm³/mol. The van der Waals surface area contributed by atoms with Gasteiger partial charge in [-0.25, -0.2) is 9.97 Å². The van der Waals surface area contributed by atoms with Crippen molar-refractivity contribution >= 4 is 34.7 Å². The Morgan fingerprint density at radius 2 is 1.68 bits per heavy atom. The fourth-order valence-electron chi connectivity index (χ4n) is 3.69. The van der Waals surface area contributed by atoms with Gasteiger partial charge in [0.25, 0.3) is 0 Å². The summed E-state index contributed by atoms with van der Waals surface area (Å²) < 4.78 is 1.50. The first-order valence-electron chi connectivity index (χ1n) is 10.7. The van der Waals surface area contributed by atoms with Crippen LogP contribution in [0.5, 0.6) is 0 Å². The minimum atomic E-state index is -0.903. The van der Waals surface area contributed by atoms with E-state index in [9.17, 15) is 14.4 Å². The number of anilines is 1. The SMILES string of the molecule is NC(=O)C(Cc1ccc(C(=O)c2ccccc2)cc1)n1c(NC(=O)CCO)nc2cccnc21. The molecule has 1 atom stereocenters. The van der Waals surface area contributed by atoms with Crippen LogP contribution < -0.4 is 11.1 Å². The number of ketones is 1. The Bertz CT molecular complexity index is 1330. The zero-order valence-corrected chi connectivity index (χ0v) is 18.2. The number of aliphatic hydroxyl groups is 1. The third-order valence-corrected chi connectivity index (χ3v) is 5.36. The Balaban J connectivity index is 1.65. The Labute approximate surface area is 195 Å². The number of nitrogens with two attached hydrogens (primary N) is 1. The van der Waals surface area contributed by atoms with Crippen molar-refractivity contribution in [2.45, 2.75) is 18.9 Å². The van der Waals surface area contributed by atoms with E-state index in [0.717, 1.165) is 5.56 Å². The first kappa shape index (κ1) is 22.8. The summed E-state index contributed by atoms with van der Waals surface area (Å²) in [7, 11) is 0. The number of imidazole rings is 1. The van der Waals surface area contributed by atoms with Gasteiger partial charge in [0.15, 0.2) is 11.4 Å². The van der Waals surface area contributed by atoms with Gasteiger partial charge in [-0.05, 0) is 17.7 Å². The average Bonchev–Trinajstić information content (AvgIpc) is 3.20. The molecule has 0 saturated carbocycles. The average molecular weight is 457 g/mol. The number of carbonyl (C=O) groups excluding carboxylic acids is 3. The Morgan fingerprint density at radius 3 is 2.35 bits per heavy atom. The maximum atomic E-state index is 12.7. The number of carbonyl (C=O) groups is 3. The number of nitrogens with zero attached hydrogens (tertiary/aromatic N) is 3. The van der Waals surface area contributed by atoms with Crippen LogP contribution in [0.2, 0.25) is 0 Å². The van der Waals surface area contributed by atoms with Crippen molar-refractivity contribution in [2.75, 3.05) is 11.9 Å². The van der Waals surface area contributed by atoms with Gasteiger partial charge in [-0.2, -0.15) is 0 Å². The fraction of sp³-hybridized carbons (Fsp3) is 0.160. The third kappa shape index (κ3) is 4.84. The lowest BCUT2D eigenvalue weighted by atomic mass is 9.99. The minimum absolute atomic E-state index is 0.0997. The number of fused-ring (bicyclic) bond motifs is 1. The Morgan fingerprint density at radius 1 is 0.971 bits per heavy atom. The van der Waals surface area contributed by atoms with Crippen molar-refractivity contribution < 1.29 is 19.5 Å². The van der Waals surface area contributed by atoms with Gasteiger partial charge >= 0.3 is 0 Å². The first-order chi connectivity index (χ1) is 16.5. The molecule has 2 heterocycles. The molecule has 1 unspecified atom stereocenters. The zero-order chi connectivity index (χ0) is 24.1. The number of amides is 2. The van der Waals surface area contributed by atoms with Crippen molar-refractivity contribution in [1.29, 1.82) is 0 Å². The smallest absolute Gasteiger partial charge is 0.241 e. The van der Waals surface area contributed by atoms with E-state index >= 15 is 0 Å². The molecule has 0 bridgehead atoms. The molecule has 9 nitrogen and oxygen atoms in total. The zero-order valence-electron chi connectivity index (χ0n) is 18.2. The van der Waals surface area contributed by atoms with Gasteiger partial charge in [0, 0.05) is 23.7 Å². The number of rotatable bonds is 9. The maximum absolute atomic E-state index is 12.7. The van der Waals surface area contributed by atoms with Crippen molar-refractivity contribution in [3.63, 3.8) is 0 Å². The van der Waals surface area contributed by atoms with E-state index in [4.69, 9.17) is 10.8 Å². The summed E-state index contributed by atoms with van der Waals surface area (Å²) in [6, 6.07) is 18.4. The Kier molecular flexibility index (Phi) is 6.74. The van der Waals surface area contributed by atoms with Crippen molar-refractivity contribution in [3.8, 4) is 0 Å². The molecule has 0 fully saturated rings. The summed E-state index contributed by atoms with van der Waals surface area (Å²) in [5.41, 5.74) is 8.51. The normalized spacial score (nSPS) is 11.8. The van der Waals surface area contributed by atoms with Crippen molar-refractivity contribution in [2.24, 2.45) is 5.73 Å². The van der Waals surface area contributed by atoms with Crippen LogP contribution >= 0.6 is 0 Å². The molecule has 4 N–H and O–H groups in total. The number of primary amides is 1. The van der Waals surface area contributed by atoms with E-state index in [0.29, 0.717) is 22.3 Å². The van der Waals surface area contributed by atoms with Crippen LogP contribution in [0, 0.1) is 0 Å². The molecule has 172 valence electrons. The van der Waals surface area contributed by atoms with Crippen LogP contribution in [0.1, 0.15) is 33.9 Å². The second-order valence-corrected chi connectivity index (χ2v) is 7.69. The monoisotopic (exact) mass is 457 g/mol. The summed E-state index contributed by atoms with van der Waals surface area (Å²) in [6.07, 6.45) is 1.64. The lowest BCUT2D eigenvalue weighted by Crippen LogP contribution is -2.30. The molecule has 0 spiro atoms. The van der Waals surface area contributed by atoms with Gasteiger partial charge < -0.3 is 10.8 Å². The van der Waals surface area contributed by atoms with E-state index in [2.05, 4.69) is 15.3 Å². The van der Waals surface area contributed by atoms with E-state index in [1.165, 1.54) is 4.57 Å². The van der Waals surface area contributed by atoms with Gasteiger partial charge in [-0.15, -0.1) is 0 Å². The maximum Gasteiger partial charge on any atom is 0.241 e. The van der Waals surface area contributed by atoms with Crippen LogP contribution in [0.4, 0.5) is 5.95 Å². The molecular formula is C25H23N5O4. The summed E-state index contributed by atoms with van der Waals surface area (Å²) in [5, 5.41) is 11.7. The molecule has 4 aromatic rings.